The summed E-state index contributed by atoms with van der Waals surface area (Å²) >= 11 is 0. The molecule has 0 radical (unpaired) electrons. The summed E-state index contributed by atoms with van der Waals surface area (Å²) in [5.74, 6) is 0.479. The molecule has 4 rings (SSSR count). The van der Waals surface area contributed by atoms with Crippen LogP contribution in [0.1, 0.15) is 38.5 Å². The topological polar surface area (TPSA) is 123 Å². The summed E-state index contributed by atoms with van der Waals surface area (Å²) in [6.45, 7) is 4.87. The Morgan fingerprint density at radius 2 is 1.28 bits per heavy atom. The van der Waals surface area contributed by atoms with Crippen molar-refractivity contribution in [1.29, 1.82) is 0 Å². The van der Waals surface area contributed by atoms with Crippen molar-refractivity contribution in [2.75, 3.05) is 58.9 Å². The van der Waals surface area contributed by atoms with Gasteiger partial charge in [-0.05, 0) is 38.5 Å². The number of carbonyl (C=O) groups is 2. The molecule has 4 saturated heterocycles. The quantitative estimate of drug-likeness (QED) is 0.563. The SMILES string of the molecule is CS(=O)(=O)O[C@H]1CCN(C(=O)C2CCOCC2)C1.O=C(C1CCOCC1)N1CC[C@H](O)C1. The highest BCUT2D eigenvalue weighted by Crippen LogP contribution is 2.22. The van der Waals surface area contributed by atoms with Gasteiger partial charge >= 0.3 is 0 Å². The van der Waals surface area contributed by atoms with E-state index in [4.69, 9.17) is 13.7 Å². The van der Waals surface area contributed by atoms with Crippen LogP contribution in [-0.2, 0) is 33.4 Å². The molecule has 0 aromatic rings. The fourth-order valence-corrected chi connectivity index (χ4v) is 5.25. The highest BCUT2D eigenvalue weighted by molar-refractivity contribution is 7.86. The Labute approximate surface area is 190 Å². The number of carbonyl (C=O) groups excluding carboxylic acids is 2. The van der Waals surface area contributed by atoms with Crippen molar-refractivity contribution >= 4 is 21.9 Å². The van der Waals surface area contributed by atoms with Gasteiger partial charge in [0.05, 0.1) is 18.5 Å². The van der Waals surface area contributed by atoms with Gasteiger partial charge < -0.3 is 24.4 Å². The molecule has 4 aliphatic heterocycles. The second-order valence-electron chi connectivity index (χ2n) is 9.00. The Morgan fingerprint density at radius 3 is 1.72 bits per heavy atom. The summed E-state index contributed by atoms with van der Waals surface area (Å²) in [6, 6.07) is 0. The van der Waals surface area contributed by atoms with Crippen molar-refractivity contribution in [3.8, 4) is 0 Å². The van der Waals surface area contributed by atoms with E-state index in [0.717, 1.165) is 44.9 Å². The van der Waals surface area contributed by atoms with Gasteiger partial charge in [0.1, 0.15) is 0 Å². The average Bonchev–Trinajstić information content (AvgIpc) is 3.42. The summed E-state index contributed by atoms with van der Waals surface area (Å²) < 4.78 is 37.4. The van der Waals surface area contributed by atoms with Crippen molar-refractivity contribution in [3.63, 3.8) is 0 Å². The third kappa shape index (κ3) is 7.65. The van der Waals surface area contributed by atoms with Gasteiger partial charge in [0.25, 0.3) is 10.1 Å². The van der Waals surface area contributed by atoms with Crippen LogP contribution in [0.25, 0.3) is 0 Å². The van der Waals surface area contributed by atoms with Gasteiger partial charge in [0, 0.05) is 64.4 Å². The van der Waals surface area contributed by atoms with Crippen LogP contribution in [0.2, 0.25) is 0 Å². The monoisotopic (exact) mass is 476 g/mol. The molecule has 0 unspecified atom stereocenters. The minimum absolute atomic E-state index is 0.0238. The first-order chi connectivity index (χ1) is 15.2. The smallest absolute Gasteiger partial charge is 0.264 e. The Hall–Kier alpha value is -1.27. The molecule has 0 aromatic heterocycles. The van der Waals surface area contributed by atoms with Crippen molar-refractivity contribution in [2.45, 2.75) is 50.7 Å². The van der Waals surface area contributed by atoms with E-state index in [1.165, 1.54) is 0 Å². The number of aliphatic hydroxyl groups is 1. The highest BCUT2D eigenvalue weighted by atomic mass is 32.2. The van der Waals surface area contributed by atoms with Crippen LogP contribution in [0.15, 0.2) is 0 Å². The summed E-state index contributed by atoms with van der Waals surface area (Å²) in [5, 5.41) is 9.33. The van der Waals surface area contributed by atoms with Crippen molar-refractivity contribution in [1.82, 2.24) is 9.80 Å². The number of ether oxygens (including phenoxy) is 2. The maximum absolute atomic E-state index is 12.2. The second kappa shape index (κ2) is 11.7. The minimum Gasteiger partial charge on any atom is -0.391 e. The lowest BCUT2D eigenvalue weighted by atomic mass is 9.99. The molecule has 4 fully saturated rings. The first-order valence-corrected chi connectivity index (χ1v) is 13.3. The Morgan fingerprint density at radius 1 is 0.812 bits per heavy atom. The fraction of sp³-hybridized carbons (Fsp3) is 0.905. The second-order valence-corrected chi connectivity index (χ2v) is 10.6. The van der Waals surface area contributed by atoms with Crippen LogP contribution >= 0.6 is 0 Å². The summed E-state index contributed by atoms with van der Waals surface area (Å²) in [5.41, 5.74) is 0. The fourth-order valence-electron chi connectivity index (χ4n) is 4.60. The van der Waals surface area contributed by atoms with Crippen LogP contribution < -0.4 is 0 Å². The zero-order chi connectivity index (χ0) is 23.1. The first kappa shape index (κ1) is 25.4. The van der Waals surface area contributed by atoms with Gasteiger partial charge in [0.15, 0.2) is 0 Å². The molecule has 4 aliphatic rings. The molecular weight excluding hydrogens is 440 g/mol. The number of likely N-dealkylation sites (tertiary alicyclic amines) is 2. The normalized spacial score (nSPS) is 27.8. The molecule has 4 heterocycles. The van der Waals surface area contributed by atoms with E-state index in [0.29, 0.717) is 52.5 Å². The number of hydrogen-bond donors (Lipinski definition) is 1. The number of nitrogens with zero attached hydrogens (tertiary/aromatic N) is 2. The predicted octanol–water partition coefficient (Wildman–Crippen LogP) is -0.00370. The largest absolute Gasteiger partial charge is 0.391 e. The number of amides is 2. The molecule has 32 heavy (non-hydrogen) atoms. The number of hydrogen-bond acceptors (Lipinski definition) is 8. The van der Waals surface area contributed by atoms with Crippen LogP contribution in [-0.4, -0.2) is 106 Å². The minimum atomic E-state index is -3.44. The molecule has 1 N–H and O–H groups in total. The molecule has 2 amide bonds. The first-order valence-electron chi connectivity index (χ1n) is 11.5. The van der Waals surface area contributed by atoms with Crippen LogP contribution in [0, 0.1) is 11.8 Å². The summed E-state index contributed by atoms with van der Waals surface area (Å²) in [7, 11) is -3.44. The number of rotatable bonds is 4. The van der Waals surface area contributed by atoms with Crippen LogP contribution in [0.5, 0.6) is 0 Å². The third-order valence-corrected chi connectivity index (χ3v) is 7.01. The molecular formula is C21H36N2O8S. The van der Waals surface area contributed by atoms with E-state index in [1.807, 2.05) is 0 Å². The molecule has 0 aromatic carbocycles. The molecule has 0 spiro atoms. The lowest BCUT2D eigenvalue weighted by Gasteiger charge is -2.26. The molecule has 0 bridgehead atoms. The van der Waals surface area contributed by atoms with Crippen LogP contribution in [0.4, 0.5) is 0 Å². The zero-order valence-corrected chi connectivity index (χ0v) is 19.6. The Bertz CT molecular complexity index is 727. The van der Waals surface area contributed by atoms with E-state index in [2.05, 4.69) is 0 Å². The molecule has 11 heteroatoms. The van der Waals surface area contributed by atoms with Gasteiger partial charge in [-0.1, -0.05) is 0 Å². The summed E-state index contributed by atoms with van der Waals surface area (Å²) in [6.07, 6.45) is 4.85. The van der Waals surface area contributed by atoms with Crippen LogP contribution in [0.3, 0.4) is 0 Å². The third-order valence-electron chi connectivity index (χ3n) is 6.38. The molecule has 0 aliphatic carbocycles. The van der Waals surface area contributed by atoms with Crippen molar-refractivity contribution in [3.05, 3.63) is 0 Å². The van der Waals surface area contributed by atoms with Gasteiger partial charge in [0.2, 0.25) is 11.8 Å². The highest BCUT2D eigenvalue weighted by Gasteiger charge is 2.33. The summed E-state index contributed by atoms with van der Waals surface area (Å²) in [4.78, 5) is 27.6. The molecule has 184 valence electrons. The van der Waals surface area contributed by atoms with Gasteiger partial charge in [-0.2, -0.15) is 8.42 Å². The molecule has 10 nitrogen and oxygen atoms in total. The number of aliphatic hydroxyl groups excluding tert-OH is 1. The standard InChI is InChI=1S/C11H19NO5S.C10H17NO3/c1-18(14,15)17-10-2-5-12(8-10)11(13)9-3-6-16-7-4-9;12-9-1-4-11(7-9)10(13)8-2-5-14-6-3-8/h9-10H,2-8H2,1H3;8-9,12H,1-7H2/t10-;9-/m00/s1. The lowest BCUT2D eigenvalue weighted by molar-refractivity contribution is -0.138. The van der Waals surface area contributed by atoms with Gasteiger partial charge in [-0.25, -0.2) is 0 Å². The Kier molecular flexibility index (Phi) is 9.30. The molecule has 0 saturated carbocycles. The molecule has 2 atom stereocenters. The predicted molar refractivity (Wildman–Crippen MR) is 115 cm³/mol. The van der Waals surface area contributed by atoms with Gasteiger partial charge in [-0.15, -0.1) is 0 Å². The maximum atomic E-state index is 12.2. The average molecular weight is 477 g/mol. The van der Waals surface area contributed by atoms with E-state index in [1.54, 1.807) is 9.80 Å². The Balaban J connectivity index is 0.000000186. The van der Waals surface area contributed by atoms with Crippen molar-refractivity contribution in [2.24, 2.45) is 11.8 Å². The van der Waals surface area contributed by atoms with Gasteiger partial charge in [-0.3, -0.25) is 13.8 Å². The number of β-amino-alcohol motifs (C(OH)–C–C–N with tert-alkyl or cyclic N) is 1. The lowest BCUT2D eigenvalue weighted by Crippen LogP contribution is -2.37. The van der Waals surface area contributed by atoms with Crippen molar-refractivity contribution < 1.29 is 36.8 Å². The van der Waals surface area contributed by atoms with E-state index in [-0.39, 0.29) is 35.9 Å². The zero-order valence-electron chi connectivity index (χ0n) is 18.8. The maximum Gasteiger partial charge on any atom is 0.264 e. The van der Waals surface area contributed by atoms with E-state index >= 15 is 0 Å². The van der Waals surface area contributed by atoms with E-state index in [9.17, 15) is 23.1 Å². The van der Waals surface area contributed by atoms with E-state index < -0.39 is 10.1 Å².